The second-order valence-electron chi connectivity index (χ2n) is 22.4. The lowest BCUT2D eigenvalue weighted by Gasteiger charge is -2.62. The fourth-order valence-corrected chi connectivity index (χ4v) is 17.9. The SMILES string of the molecule is CCCCCCC1CCC(C)CCC2C(C3CCC(C4CCC5CCC6C(C(CC)CCCC)CCC7CCC4C5C76)CC3)CCC3CCC1CC32. The summed E-state index contributed by atoms with van der Waals surface area (Å²) in [6.45, 7) is 10.0. The van der Waals surface area contributed by atoms with E-state index in [1.165, 1.54) is 57.8 Å². The van der Waals surface area contributed by atoms with Gasteiger partial charge in [0.15, 0.2) is 0 Å². The van der Waals surface area contributed by atoms with Crippen LogP contribution in [-0.2, 0) is 0 Å². The molecule has 8 fully saturated rings. The molecular formula is C52H90. The molecule has 0 aromatic carbocycles. The lowest BCUT2D eigenvalue weighted by molar-refractivity contribution is -0.133. The van der Waals surface area contributed by atoms with Crippen molar-refractivity contribution < 1.29 is 0 Å². The van der Waals surface area contributed by atoms with Gasteiger partial charge in [0.1, 0.15) is 0 Å². The van der Waals surface area contributed by atoms with E-state index in [-0.39, 0.29) is 0 Å². The highest BCUT2D eigenvalue weighted by Crippen LogP contribution is 2.65. The Bertz CT molecular complexity index is 1070. The van der Waals surface area contributed by atoms with Crippen LogP contribution in [0.25, 0.3) is 0 Å². The van der Waals surface area contributed by atoms with E-state index >= 15 is 0 Å². The molecule has 298 valence electrons. The molecule has 0 radical (unpaired) electrons. The average Bonchev–Trinajstić information content (AvgIpc) is 3.19. The first-order valence-corrected chi connectivity index (χ1v) is 25.6. The first-order chi connectivity index (χ1) is 25.6. The largest absolute Gasteiger partial charge is 0.0654 e. The van der Waals surface area contributed by atoms with Gasteiger partial charge >= 0.3 is 0 Å². The van der Waals surface area contributed by atoms with Crippen molar-refractivity contribution in [1.82, 2.24) is 0 Å². The third-order valence-corrected chi connectivity index (χ3v) is 20.4. The fraction of sp³-hybridized carbons (Fsp3) is 1.00. The monoisotopic (exact) mass is 715 g/mol. The van der Waals surface area contributed by atoms with E-state index < -0.39 is 0 Å². The quantitative estimate of drug-likeness (QED) is 0.177. The second kappa shape index (κ2) is 18.1. The molecule has 8 rings (SSSR count). The Hall–Kier alpha value is 0. The van der Waals surface area contributed by atoms with Crippen molar-refractivity contribution in [2.24, 2.45) is 107 Å². The molecule has 8 saturated carbocycles. The Labute approximate surface area is 325 Å². The minimum Gasteiger partial charge on any atom is -0.0654 e. The zero-order valence-electron chi connectivity index (χ0n) is 35.6. The summed E-state index contributed by atoms with van der Waals surface area (Å²) < 4.78 is 0. The van der Waals surface area contributed by atoms with Crippen LogP contribution in [0.15, 0.2) is 0 Å². The van der Waals surface area contributed by atoms with Gasteiger partial charge in [-0.05, 0) is 229 Å². The molecule has 0 aromatic rings. The van der Waals surface area contributed by atoms with Crippen LogP contribution in [0.2, 0.25) is 0 Å². The molecule has 0 amide bonds. The molecule has 16 unspecified atom stereocenters. The van der Waals surface area contributed by atoms with Crippen molar-refractivity contribution in [3.05, 3.63) is 0 Å². The summed E-state index contributed by atoms with van der Waals surface area (Å²) in [5, 5.41) is 0. The van der Waals surface area contributed by atoms with Crippen LogP contribution in [0.5, 0.6) is 0 Å². The van der Waals surface area contributed by atoms with E-state index in [1.54, 1.807) is 135 Å². The first-order valence-electron chi connectivity index (χ1n) is 25.6. The lowest BCUT2D eigenvalue weighted by atomic mass is 9.43. The van der Waals surface area contributed by atoms with Gasteiger partial charge in [-0.25, -0.2) is 0 Å². The summed E-state index contributed by atoms with van der Waals surface area (Å²) in [5.41, 5.74) is 0. The smallest absolute Gasteiger partial charge is 0.0321 e. The summed E-state index contributed by atoms with van der Waals surface area (Å²) in [6, 6.07) is 0. The van der Waals surface area contributed by atoms with Crippen molar-refractivity contribution in [1.29, 1.82) is 0 Å². The molecule has 0 aliphatic heterocycles. The summed E-state index contributed by atoms with van der Waals surface area (Å²) in [6.07, 6.45) is 47.2. The minimum absolute atomic E-state index is 0.974. The van der Waals surface area contributed by atoms with E-state index in [2.05, 4.69) is 27.7 Å². The highest BCUT2D eigenvalue weighted by Gasteiger charge is 2.57. The molecule has 0 aromatic heterocycles. The van der Waals surface area contributed by atoms with Crippen molar-refractivity contribution in [2.75, 3.05) is 0 Å². The Kier molecular flexibility index (Phi) is 13.5. The van der Waals surface area contributed by atoms with Crippen LogP contribution in [-0.4, -0.2) is 0 Å². The maximum absolute atomic E-state index is 2.66. The molecule has 8 aliphatic carbocycles. The van der Waals surface area contributed by atoms with E-state index in [9.17, 15) is 0 Å². The second-order valence-corrected chi connectivity index (χ2v) is 22.4. The maximum Gasteiger partial charge on any atom is -0.0321 e. The fourth-order valence-electron chi connectivity index (χ4n) is 17.9. The predicted octanol–water partition coefficient (Wildman–Crippen LogP) is 16.0. The van der Waals surface area contributed by atoms with Gasteiger partial charge in [-0.15, -0.1) is 0 Å². The van der Waals surface area contributed by atoms with Crippen molar-refractivity contribution in [3.8, 4) is 0 Å². The highest BCUT2D eigenvalue weighted by molar-refractivity contribution is 5.06. The van der Waals surface area contributed by atoms with Crippen LogP contribution in [0.3, 0.4) is 0 Å². The van der Waals surface area contributed by atoms with Gasteiger partial charge in [-0.2, -0.15) is 0 Å². The Morgan fingerprint density at radius 2 is 0.923 bits per heavy atom. The molecule has 0 nitrogen and oxygen atoms in total. The minimum atomic E-state index is 0.974. The summed E-state index contributed by atoms with van der Waals surface area (Å²) >= 11 is 0. The van der Waals surface area contributed by atoms with Crippen molar-refractivity contribution in [3.63, 3.8) is 0 Å². The van der Waals surface area contributed by atoms with Crippen LogP contribution in [0, 0.1) is 107 Å². The Morgan fingerprint density at radius 3 is 1.62 bits per heavy atom. The standard InChI is InChI=1S/C52H90/c1-5-8-10-11-13-37-16-14-35(4)15-28-47-45(29-23-40-21-22-43(37)34-50(40)47)38-17-19-39(20-18-38)46-31-25-42-26-32-48-44(36(7-3)12-9-6-2)30-24-41-27-33-49(46)52(42)51(41)48/h35-52H,5-34H2,1-4H3. The molecule has 0 N–H and O–H groups in total. The summed E-state index contributed by atoms with van der Waals surface area (Å²) in [5.74, 6) is 19.7. The molecule has 0 heterocycles. The topological polar surface area (TPSA) is 0 Å². The van der Waals surface area contributed by atoms with Crippen molar-refractivity contribution in [2.45, 2.75) is 220 Å². The molecule has 0 heteroatoms. The first kappa shape index (κ1) is 38.9. The molecule has 16 atom stereocenters. The molecule has 52 heavy (non-hydrogen) atoms. The lowest BCUT2D eigenvalue weighted by Crippen LogP contribution is -2.55. The van der Waals surface area contributed by atoms with Gasteiger partial charge in [0.05, 0.1) is 0 Å². The van der Waals surface area contributed by atoms with E-state index in [1.807, 2.05) is 0 Å². The van der Waals surface area contributed by atoms with Crippen LogP contribution in [0.1, 0.15) is 220 Å². The molecule has 2 bridgehead atoms. The number of fused-ring (bicyclic) bond motifs is 1. The van der Waals surface area contributed by atoms with Gasteiger partial charge in [-0.1, -0.05) is 98.3 Å². The summed E-state index contributed by atoms with van der Waals surface area (Å²) in [7, 11) is 0. The van der Waals surface area contributed by atoms with Gasteiger partial charge < -0.3 is 0 Å². The predicted molar refractivity (Wildman–Crippen MR) is 224 cm³/mol. The normalized spacial score (nSPS) is 48.3. The summed E-state index contributed by atoms with van der Waals surface area (Å²) in [4.78, 5) is 0. The third-order valence-electron chi connectivity index (χ3n) is 20.4. The van der Waals surface area contributed by atoms with E-state index in [0.717, 1.165) is 107 Å². The number of hydrogen-bond donors (Lipinski definition) is 0. The van der Waals surface area contributed by atoms with Crippen LogP contribution in [0.4, 0.5) is 0 Å². The molecule has 8 aliphatic rings. The number of unbranched alkanes of at least 4 members (excludes halogenated alkanes) is 4. The van der Waals surface area contributed by atoms with Gasteiger partial charge in [-0.3, -0.25) is 0 Å². The van der Waals surface area contributed by atoms with Gasteiger partial charge in [0, 0.05) is 0 Å². The van der Waals surface area contributed by atoms with Crippen molar-refractivity contribution >= 4 is 0 Å². The maximum atomic E-state index is 2.66. The zero-order valence-corrected chi connectivity index (χ0v) is 35.6. The van der Waals surface area contributed by atoms with Crippen LogP contribution >= 0.6 is 0 Å². The van der Waals surface area contributed by atoms with Gasteiger partial charge in [0.25, 0.3) is 0 Å². The highest BCUT2D eigenvalue weighted by atomic mass is 14.6. The van der Waals surface area contributed by atoms with E-state index in [0.29, 0.717) is 0 Å². The average molecular weight is 715 g/mol. The Morgan fingerprint density at radius 1 is 0.404 bits per heavy atom. The van der Waals surface area contributed by atoms with E-state index in [4.69, 9.17) is 0 Å². The zero-order chi connectivity index (χ0) is 35.6. The Balaban J connectivity index is 0.915. The van der Waals surface area contributed by atoms with Gasteiger partial charge in [0.2, 0.25) is 0 Å². The molecule has 0 saturated heterocycles. The third kappa shape index (κ3) is 8.07. The number of rotatable bonds is 12. The van der Waals surface area contributed by atoms with Crippen LogP contribution < -0.4 is 0 Å². The molecule has 0 spiro atoms. The number of hydrogen-bond acceptors (Lipinski definition) is 0. The molecular weight excluding hydrogens is 625 g/mol.